The van der Waals surface area contributed by atoms with E-state index < -0.39 is 0 Å². The average molecular weight is 258 g/mol. The second kappa shape index (κ2) is 5.85. The molecule has 2 rings (SSSR count). The lowest BCUT2D eigenvalue weighted by molar-refractivity contribution is 0.139. The third-order valence-corrected chi connectivity index (χ3v) is 3.88. The Morgan fingerprint density at radius 3 is 3.06 bits per heavy atom. The van der Waals surface area contributed by atoms with E-state index in [1.807, 2.05) is 11.6 Å². The zero-order valence-corrected chi connectivity index (χ0v) is 11.0. The van der Waals surface area contributed by atoms with Gasteiger partial charge in [-0.25, -0.2) is 4.98 Å². The maximum Gasteiger partial charge on any atom is 0.128 e. The fraction of sp³-hybridized carbons (Fsp3) is 0.750. The summed E-state index contributed by atoms with van der Waals surface area (Å²) < 4.78 is 1.93. The van der Waals surface area contributed by atoms with Crippen molar-refractivity contribution in [2.24, 2.45) is 13.0 Å². The molecular weight excluding hydrogens is 238 g/mol. The molecule has 1 aliphatic heterocycles. The van der Waals surface area contributed by atoms with Gasteiger partial charge in [-0.3, -0.25) is 4.90 Å². The van der Waals surface area contributed by atoms with Gasteiger partial charge in [-0.2, -0.15) is 0 Å². The molecule has 1 N–H and O–H groups in total. The van der Waals surface area contributed by atoms with Crippen LogP contribution in [0.3, 0.4) is 0 Å². The number of aromatic nitrogens is 2. The minimum absolute atomic E-state index is 0.298. The van der Waals surface area contributed by atoms with Gasteiger partial charge in [0.05, 0.1) is 12.7 Å². The number of halogens is 1. The van der Waals surface area contributed by atoms with E-state index in [4.69, 9.17) is 16.7 Å². The van der Waals surface area contributed by atoms with Gasteiger partial charge in [0, 0.05) is 20.2 Å². The summed E-state index contributed by atoms with van der Waals surface area (Å²) in [6, 6.07) is 0. The average Bonchev–Trinajstić information content (AvgIpc) is 2.62. The van der Waals surface area contributed by atoms with Crippen molar-refractivity contribution in [3.05, 3.63) is 17.2 Å². The predicted molar refractivity (Wildman–Crippen MR) is 67.9 cm³/mol. The Morgan fingerprint density at radius 2 is 2.41 bits per heavy atom. The van der Waals surface area contributed by atoms with Crippen LogP contribution in [0.5, 0.6) is 0 Å². The van der Waals surface area contributed by atoms with Crippen LogP contribution in [0.2, 0.25) is 5.15 Å². The molecule has 1 aromatic rings. The molecule has 0 spiro atoms. The van der Waals surface area contributed by atoms with Crippen LogP contribution in [0, 0.1) is 5.92 Å². The molecule has 1 aromatic heterocycles. The van der Waals surface area contributed by atoms with Crippen LogP contribution in [0.25, 0.3) is 0 Å². The van der Waals surface area contributed by atoms with E-state index >= 15 is 0 Å². The zero-order valence-electron chi connectivity index (χ0n) is 10.3. The van der Waals surface area contributed by atoms with Crippen LogP contribution in [0.1, 0.15) is 25.1 Å². The van der Waals surface area contributed by atoms with Gasteiger partial charge in [-0.1, -0.05) is 11.6 Å². The summed E-state index contributed by atoms with van der Waals surface area (Å²) >= 11 is 5.97. The molecule has 0 amide bonds. The minimum atomic E-state index is 0.298. The fourth-order valence-electron chi connectivity index (χ4n) is 2.48. The minimum Gasteiger partial charge on any atom is -0.396 e. The monoisotopic (exact) mass is 257 g/mol. The Hall–Kier alpha value is -0.580. The fourth-order valence-corrected chi connectivity index (χ4v) is 2.63. The largest absolute Gasteiger partial charge is 0.396 e. The molecule has 1 saturated heterocycles. The van der Waals surface area contributed by atoms with Gasteiger partial charge in [0.25, 0.3) is 0 Å². The van der Waals surface area contributed by atoms with Gasteiger partial charge in [0.2, 0.25) is 0 Å². The van der Waals surface area contributed by atoms with Gasteiger partial charge < -0.3 is 9.67 Å². The molecule has 1 aliphatic rings. The van der Waals surface area contributed by atoms with Gasteiger partial charge in [0.1, 0.15) is 11.0 Å². The SMILES string of the molecule is Cn1c(Cl)cnc1CN1CCCC(CCO)C1. The normalized spacial score (nSPS) is 21.9. The Kier molecular flexibility index (Phi) is 4.42. The summed E-state index contributed by atoms with van der Waals surface area (Å²) in [6.07, 6.45) is 5.06. The number of piperidine rings is 1. The summed E-state index contributed by atoms with van der Waals surface area (Å²) in [5.41, 5.74) is 0. The molecule has 4 nitrogen and oxygen atoms in total. The molecule has 1 fully saturated rings. The third-order valence-electron chi connectivity index (χ3n) is 3.53. The number of aliphatic hydroxyl groups excluding tert-OH is 1. The quantitative estimate of drug-likeness (QED) is 0.892. The smallest absolute Gasteiger partial charge is 0.128 e. The number of hydrogen-bond acceptors (Lipinski definition) is 3. The highest BCUT2D eigenvalue weighted by Crippen LogP contribution is 2.21. The topological polar surface area (TPSA) is 41.3 Å². The van der Waals surface area contributed by atoms with Crippen LogP contribution in [-0.2, 0) is 13.6 Å². The Labute approximate surface area is 107 Å². The predicted octanol–water partition coefficient (Wildman–Crippen LogP) is 1.67. The van der Waals surface area contributed by atoms with Gasteiger partial charge >= 0.3 is 0 Å². The molecule has 0 aromatic carbocycles. The van der Waals surface area contributed by atoms with Crippen molar-refractivity contribution in [2.45, 2.75) is 25.8 Å². The molecular formula is C12H20ClN3O. The van der Waals surface area contributed by atoms with E-state index in [1.165, 1.54) is 12.8 Å². The van der Waals surface area contributed by atoms with E-state index in [2.05, 4.69) is 9.88 Å². The number of imidazole rings is 1. The first-order chi connectivity index (χ1) is 8.20. The zero-order chi connectivity index (χ0) is 12.3. The van der Waals surface area contributed by atoms with Crippen molar-refractivity contribution in [2.75, 3.05) is 19.7 Å². The van der Waals surface area contributed by atoms with Gasteiger partial charge in [0.15, 0.2) is 0 Å². The second-order valence-corrected chi connectivity index (χ2v) is 5.20. The van der Waals surface area contributed by atoms with Crippen LogP contribution in [-0.4, -0.2) is 39.3 Å². The summed E-state index contributed by atoms with van der Waals surface area (Å²) in [7, 11) is 1.94. The maximum atomic E-state index is 8.99. The Morgan fingerprint density at radius 1 is 1.59 bits per heavy atom. The molecule has 0 radical (unpaired) electrons. The van der Waals surface area contributed by atoms with Crippen molar-refractivity contribution >= 4 is 11.6 Å². The molecule has 1 atom stereocenters. The first-order valence-corrected chi connectivity index (χ1v) is 6.58. The van der Waals surface area contributed by atoms with Crippen LogP contribution >= 0.6 is 11.6 Å². The Bertz CT molecular complexity index is 365. The third kappa shape index (κ3) is 3.21. The highest BCUT2D eigenvalue weighted by molar-refractivity contribution is 6.29. The van der Waals surface area contributed by atoms with Crippen molar-refractivity contribution in [3.63, 3.8) is 0 Å². The number of aliphatic hydroxyl groups is 1. The lowest BCUT2D eigenvalue weighted by Gasteiger charge is -2.32. The molecule has 0 saturated carbocycles. The summed E-state index contributed by atoms with van der Waals surface area (Å²) in [4.78, 5) is 6.73. The van der Waals surface area contributed by atoms with E-state index in [0.29, 0.717) is 17.7 Å². The summed E-state index contributed by atoms with van der Waals surface area (Å²) in [6.45, 7) is 3.33. The molecule has 1 unspecified atom stereocenters. The van der Waals surface area contributed by atoms with Crippen molar-refractivity contribution in [1.82, 2.24) is 14.5 Å². The molecule has 0 bridgehead atoms. The van der Waals surface area contributed by atoms with E-state index in [9.17, 15) is 0 Å². The van der Waals surface area contributed by atoms with E-state index in [-0.39, 0.29) is 0 Å². The number of rotatable bonds is 4. The Balaban J connectivity index is 1.92. The standard InChI is InChI=1S/C12H20ClN3O/c1-15-11(13)7-14-12(15)9-16-5-2-3-10(8-16)4-6-17/h7,10,17H,2-6,8-9H2,1H3. The lowest BCUT2D eigenvalue weighted by Crippen LogP contribution is -2.35. The molecule has 5 heteroatoms. The highest BCUT2D eigenvalue weighted by Gasteiger charge is 2.20. The number of likely N-dealkylation sites (tertiary alicyclic amines) is 1. The highest BCUT2D eigenvalue weighted by atomic mass is 35.5. The molecule has 17 heavy (non-hydrogen) atoms. The van der Waals surface area contributed by atoms with E-state index in [1.54, 1.807) is 6.20 Å². The lowest BCUT2D eigenvalue weighted by atomic mass is 9.95. The van der Waals surface area contributed by atoms with Crippen molar-refractivity contribution in [3.8, 4) is 0 Å². The molecule has 2 heterocycles. The number of nitrogens with zero attached hydrogens (tertiary/aromatic N) is 3. The number of hydrogen-bond donors (Lipinski definition) is 1. The molecule has 0 aliphatic carbocycles. The van der Waals surface area contributed by atoms with Crippen LogP contribution in [0.15, 0.2) is 6.20 Å². The van der Waals surface area contributed by atoms with Crippen molar-refractivity contribution < 1.29 is 5.11 Å². The van der Waals surface area contributed by atoms with Crippen LogP contribution in [0.4, 0.5) is 0 Å². The van der Waals surface area contributed by atoms with Gasteiger partial charge in [-0.15, -0.1) is 0 Å². The van der Waals surface area contributed by atoms with Crippen molar-refractivity contribution in [1.29, 1.82) is 0 Å². The first kappa shape index (κ1) is 12.9. The van der Waals surface area contributed by atoms with Crippen LogP contribution < -0.4 is 0 Å². The summed E-state index contributed by atoms with van der Waals surface area (Å²) in [5.74, 6) is 1.64. The molecule has 96 valence electrons. The van der Waals surface area contributed by atoms with Gasteiger partial charge in [-0.05, 0) is 31.7 Å². The van der Waals surface area contributed by atoms with E-state index in [0.717, 1.165) is 31.9 Å². The summed E-state index contributed by atoms with van der Waals surface area (Å²) in [5, 5.41) is 9.67. The first-order valence-electron chi connectivity index (χ1n) is 6.20. The second-order valence-electron chi connectivity index (χ2n) is 4.81. The maximum absolute atomic E-state index is 8.99.